The summed E-state index contributed by atoms with van der Waals surface area (Å²) in [6.07, 6.45) is 0.409. The molecule has 5 heteroatoms. The Morgan fingerprint density at radius 3 is 2.25 bits per heavy atom. The van der Waals surface area contributed by atoms with Gasteiger partial charge < -0.3 is 14.8 Å². The van der Waals surface area contributed by atoms with Crippen molar-refractivity contribution in [1.29, 1.82) is 0 Å². The molecule has 0 fully saturated rings. The number of rotatable bonds is 3. The van der Waals surface area contributed by atoms with Gasteiger partial charge in [0.25, 0.3) is 0 Å². The highest BCUT2D eigenvalue weighted by atomic mass is 16.5. The van der Waals surface area contributed by atoms with E-state index in [0.717, 1.165) is 11.3 Å². The molecule has 1 aliphatic heterocycles. The van der Waals surface area contributed by atoms with Crippen LogP contribution in [0.5, 0.6) is 11.5 Å². The minimum atomic E-state index is -0.490. The summed E-state index contributed by atoms with van der Waals surface area (Å²) in [7, 11) is 3.16. The van der Waals surface area contributed by atoms with Crippen molar-refractivity contribution in [2.45, 2.75) is 18.9 Å². The first-order valence-corrected chi connectivity index (χ1v) is 7.77. The van der Waals surface area contributed by atoms with E-state index in [0.29, 0.717) is 17.0 Å². The standard InChI is InChI=1S/C19H19NO4/c1-23-13-5-3-12(4-6-13)19-18(22)10-9-17(21)15-11-14(24-2)7-8-16(15)20-19/h3-8,11,19-20H,9-10H2,1-2H3. The van der Waals surface area contributed by atoms with Crippen molar-refractivity contribution < 1.29 is 19.1 Å². The lowest BCUT2D eigenvalue weighted by Crippen LogP contribution is -2.25. The Morgan fingerprint density at radius 2 is 1.58 bits per heavy atom. The van der Waals surface area contributed by atoms with Crippen molar-refractivity contribution in [2.75, 3.05) is 19.5 Å². The Hall–Kier alpha value is -2.82. The predicted molar refractivity (Wildman–Crippen MR) is 90.9 cm³/mol. The molecule has 1 heterocycles. The molecule has 0 radical (unpaired) electrons. The van der Waals surface area contributed by atoms with Crippen molar-refractivity contribution in [3.8, 4) is 11.5 Å². The zero-order valence-electron chi connectivity index (χ0n) is 13.7. The number of hydrogen-bond acceptors (Lipinski definition) is 5. The van der Waals surface area contributed by atoms with Crippen LogP contribution in [-0.4, -0.2) is 25.8 Å². The van der Waals surface area contributed by atoms with E-state index in [1.165, 1.54) is 0 Å². The third-order valence-corrected chi connectivity index (χ3v) is 4.20. The van der Waals surface area contributed by atoms with Gasteiger partial charge in [-0.1, -0.05) is 12.1 Å². The number of carbonyl (C=O) groups excluding carboxylic acids is 2. The first kappa shape index (κ1) is 16.1. The Balaban J connectivity index is 1.99. The molecule has 3 rings (SSSR count). The number of carbonyl (C=O) groups is 2. The normalized spacial score (nSPS) is 17.3. The fourth-order valence-electron chi connectivity index (χ4n) is 2.82. The maximum atomic E-state index is 12.5. The predicted octanol–water partition coefficient (Wildman–Crippen LogP) is 3.40. The molecule has 0 aromatic heterocycles. The highest BCUT2D eigenvalue weighted by molar-refractivity contribution is 6.05. The van der Waals surface area contributed by atoms with Gasteiger partial charge in [0.05, 0.1) is 14.2 Å². The monoisotopic (exact) mass is 325 g/mol. The average molecular weight is 325 g/mol. The van der Waals surface area contributed by atoms with Crippen molar-refractivity contribution in [3.05, 3.63) is 53.6 Å². The molecule has 0 amide bonds. The van der Waals surface area contributed by atoms with Crippen LogP contribution in [0.2, 0.25) is 0 Å². The molecule has 0 aliphatic carbocycles. The highest BCUT2D eigenvalue weighted by Crippen LogP contribution is 2.31. The molecule has 0 saturated carbocycles. The van der Waals surface area contributed by atoms with E-state index in [9.17, 15) is 9.59 Å². The number of nitrogens with one attached hydrogen (secondary N) is 1. The second kappa shape index (κ2) is 6.74. The van der Waals surface area contributed by atoms with Crippen molar-refractivity contribution in [3.63, 3.8) is 0 Å². The molecule has 5 nitrogen and oxygen atoms in total. The van der Waals surface area contributed by atoms with Crippen molar-refractivity contribution in [2.24, 2.45) is 0 Å². The topological polar surface area (TPSA) is 64.6 Å². The first-order chi connectivity index (χ1) is 11.6. The van der Waals surface area contributed by atoms with Gasteiger partial charge in [-0.25, -0.2) is 0 Å². The van der Waals surface area contributed by atoms with Gasteiger partial charge in [-0.15, -0.1) is 0 Å². The van der Waals surface area contributed by atoms with Crippen LogP contribution in [0.1, 0.15) is 34.8 Å². The Kier molecular flexibility index (Phi) is 4.51. The smallest absolute Gasteiger partial charge is 0.165 e. The molecule has 1 atom stereocenters. The van der Waals surface area contributed by atoms with Gasteiger partial charge in [-0.2, -0.15) is 0 Å². The van der Waals surface area contributed by atoms with Gasteiger partial charge >= 0.3 is 0 Å². The third-order valence-electron chi connectivity index (χ3n) is 4.20. The summed E-state index contributed by atoms with van der Waals surface area (Å²) in [5, 5.41) is 3.22. The highest BCUT2D eigenvalue weighted by Gasteiger charge is 2.26. The molecule has 24 heavy (non-hydrogen) atoms. The second-order valence-corrected chi connectivity index (χ2v) is 5.65. The van der Waals surface area contributed by atoms with Crippen LogP contribution in [0.4, 0.5) is 5.69 Å². The lowest BCUT2D eigenvalue weighted by Gasteiger charge is -2.24. The third kappa shape index (κ3) is 3.11. The van der Waals surface area contributed by atoms with E-state index in [1.54, 1.807) is 32.4 Å². The zero-order chi connectivity index (χ0) is 17.1. The lowest BCUT2D eigenvalue weighted by atomic mass is 9.93. The summed E-state index contributed by atoms with van der Waals surface area (Å²) in [6.45, 7) is 0. The number of ether oxygens (including phenoxy) is 2. The molecule has 2 aromatic rings. The molecule has 0 spiro atoms. The minimum absolute atomic E-state index is 0.00464. The number of Topliss-reactive ketones (excluding diaryl/α,β-unsaturated/α-hetero) is 2. The molecule has 1 aliphatic rings. The molecular weight excluding hydrogens is 306 g/mol. The van der Waals surface area contributed by atoms with E-state index in [4.69, 9.17) is 9.47 Å². The fourth-order valence-corrected chi connectivity index (χ4v) is 2.82. The summed E-state index contributed by atoms with van der Waals surface area (Å²) in [5.74, 6) is 1.29. The summed E-state index contributed by atoms with van der Waals surface area (Å²) < 4.78 is 10.4. The minimum Gasteiger partial charge on any atom is -0.497 e. The van der Waals surface area contributed by atoms with E-state index in [1.807, 2.05) is 24.3 Å². The molecule has 1 N–H and O–H groups in total. The molecule has 0 bridgehead atoms. The van der Waals surface area contributed by atoms with Gasteiger partial charge in [0.1, 0.15) is 17.5 Å². The van der Waals surface area contributed by atoms with E-state index < -0.39 is 6.04 Å². The van der Waals surface area contributed by atoms with Crippen LogP contribution < -0.4 is 14.8 Å². The summed E-state index contributed by atoms with van der Waals surface area (Å²) in [6, 6.07) is 12.1. The molecule has 124 valence electrons. The molecular formula is C19H19NO4. The van der Waals surface area contributed by atoms with Crippen LogP contribution in [0.15, 0.2) is 42.5 Å². The first-order valence-electron chi connectivity index (χ1n) is 7.77. The number of benzene rings is 2. The molecule has 1 unspecified atom stereocenters. The van der Waals surface area contributed by atoms with Gasteiger partial charge in [0.15, 0.2) is 11.6 Å². The van der Waals surface area contributed by atoms with Crippen molar-refractivity contribution >= 4 is 17.3 Å². The summed E-state index contributed by atoms with van der Waals surface area (Å²) >= 11 is 0. The second-order valence-electron chi connectivity index (χ2n) is 5.65. The van der Waals surface area contributed by atoms with Gasteiger partial charge in [0, 0.05) is 24.1 Å². The van der Waals surface area contributed by atoms with E-state index >= 15 is 0 Å². The fraction of sp³-hybridized carbons (Fsp3) is 0.263. The SMILES string of the molecule is COc1ccc(C2Nc3ccc(OC)cc3C(=O)CCC2=O)cc1. The molecule has 2 aromatic carbocycles. The number of methoxy groups -OCH3 is 2. The maximum absolute atomic E-state index is 12.5. The summed E-state index contributed by atoms with van der Waals surface area (Å²) in [4.78, 5) is 24.9. The maximum Gasteiger partial charge on any atom is 0.165 e. The Labute approximate surface area is 140 Å². The summed E-state index contributed by atoms with van der Waals surface area (Å²) in [5.41, 5.74) is 2.05. The number of fused-ring (bicyclic) bond motifs is 1. The quantitative estimate of drug-likeness (QED) is 0.937. The Bertz CT molecular complexity index is 767. The van der Waals surface area contributed by atoms with Crippen molar-refractivity contribution in [1.82, 2.24) is 0 Å². The van der Waals surface area contributed by atoms with E-state index in [2.05, 4.69) is 5.32 Å². The zero-order valence-corrected chi connectivity index (χ0v) is 13.7. The average Bonchev–Trinajstić information content (AvgIpc) is 2.63. The van der Waals surface area contributed by atoms with Gasteiger partial charge in [-0.05, 0) is 35.9 Å². The lowest BCUT2D eigenvalue weighted by molar-refractivity contribution is -0.119. The number of hydrogen-bond donors (Lipinski definition) is 1. The van der Waals surface area contributed by atoms with Crippen LogP contribution in [0.25, 0.3) is 0 Å². The van der Waals surface area contributed by atoms with Crippen LogP contribution in [0.3, 0.4) is 0 Å². The van der Waals surface area contributed by atoms with Crippen LogP contribution in [0, 0.1) is 0 Å². The van der Waals surface area contributed by atoms with Gasteiger partial charge in [0.2, 0.25) is 0 Å². The number of anilines is 1. The van der Waals surface area contributed by atoms with Crippen LogP contribution in [-0.2, 0) is 4.79 Å². The van der Waals surface area contributed by atoms with Gasteiger partial charge in [-0.3, -0.25) is 9.59 Å². The largest absolute Gasteiger partial charge is 0.497 e. The number of ketones is 2. The van der Waals surface area contributed by atoms with Crippen LogP contribution >= 0.6 is 0 Å². The Morgan fingerprint density at radius 1 is 0.917 bits per heavy atom. The van der Waals surface area contributed by atoms with E-state index in [-0.39, 0.29) is 24.4 Å². The molecule has 0 saturated heterocycles.